The second-order valence-corrected chi connectivity index (χ2v) is 4.29. The van der Waals surface area contributed by atoms with Gasteiger partial charge in [-0.2, -0.15) is 0 Å². The third-order valence-corrected chi connectivity index (χ3v) is 3.02. The standard InChI is InChI=1S/C12H13NO4.2Na/c14-10(15)12(11(16)17)7-13(8-12)6-9-4-2-1-3-5-9;;/h1-5H,6-8H2,(H,14,15)(H,16,17);;/q;2*+1/p-2. The van der Waals surface area contributed by atoms with Crippen molar-refractivity contribution in [3.8, 4) is 0 Å². The van der Waals surface area contributed by atoms with Crippen LogP contribution in [0, 0.1) is 5.41 Å². The molecule has 19 heavy (non-hydrogen) atoms. The Morgan fingerprint density at radius 2 is 1.53 bits per heavy atom. The topological polar surface area (TPSA) is 83.5 Å². The minimum Gasteiger partial charge on any atom is -0.549 e. The number of aliphatic carboxylic acids is 2. The van der Waals surface area contributed by atoms with Crippen LogP contribution in [0.4, 0.5) is 0 Å². The Kier molecular flexibility index (Phi) is 7.83. The average Bonchev–Trinajstić information content (AvgIpc) is 2.23. The molecular weight excluding hydrogens is 268 g/mol. The van der Waals surface area contributed by atoms with E-state index in [1.54, 1.807) is 4.90 Å². The average molecular weight is 279 g/mol. The van der Waals surface area contributed by atoms with Crippen LogP contribution in [0.5, 0.6) is 0 Å². The van der Waals surface area contributed by atoms with Gasteiger partial charge in [-0.3, -0.25) is 4.90 Å². The van der Waals surface area contributed by atoms with E-state index in [1.807, 2.05) is 30.3 Å². The van der Waals surface area contributed by atoms with Crippen molar-refractivity contribution < 1.29 is 78.9 Å². The molecule has 0 atom stereocenters. The summed E-state index contributed by atoms with van der Waals surface area (Å²) in [7, 11) is 0. The number of benzene rings is 1. The summed E-state index contributed by atoms with van der Waals surface area (Å²) in [5.41, 5.74) is -0.827. The minimum absolute atomic E-state index is 0. The van der Waals surface area contributed by atoms with E-state index in [0.717, 1.165) is 5.56 Å². The maximum atomic E-state index is 10.8. The van der Waals surface area contributed by atoms with Crippen molar-refractivity contribution in [3.05, 3.63) is 35.9 Å². The van der Waals surface area contributed by atoms with Gasteiger partial charge in [0.1, 0.15) is 0 Å². The van der Waals surface area contributed by atoms with Crippen LogP contribution in [0.25, 0.3) is 0 Å². The molecule has 0 radical (unpaired) electrons. The summed E-state index contributed by atoms with van der Waals surface area (Å²) in [6, 6.07) is 9.43. The maximum Gasteiger partial charge on any atom is 1.00 e. The molecule has 1 heterocycles. The number of carbonyl (C=O) groups excluding carboxylic acids is 2. The SMILES string of the molecule is O=C([O-])C1(C(=O)[O-])CN(Cc2ccccc2)C1.[Na+].[Na+]. The van der Waals surface area contributed by atoms with Crippen molar-refractivity contribution in [2.45, 2.75) is 6.54 Å². The number of carboxylic acid groups (broad SMARTS) is 2. The van der Waals surface area contributed by atoms with Crippen molar-refractivity contribution in [2.75, 3.05) is 13.1 Å². The summed E-state index contributed by atoms with van der Waals surface area (Å²) in [5.74, 6) is -3.14. The monoisotopic (exact) mass is 279 g/mol. The molecule has 0 bridgehead atoms. The van der Waals surface area contributed by atoms with Crippen LogP contribution in [-0.2, 0) is 16.1 Å². The molecule has 2 rings (SSSR count). The van der Waals surface area contributed by atoms with Gasteiger partial charge < -0.3 is 19.8 Å². The van der Waals surface area contributed by atoms with E-state index in [9.17, 15) is 19.8 Å². The molecule has 0 amide bonds. The Morgan fingerprint density at radius 1 is 1.05 bits per heavy atom. The van der Waals surface area contributed by atoms with Crippen molar-refractivity contribution >= 4 is 11.9 Å². The van der Waals surface area contributed by atoms with E-state index in [0.29, 0.717) is 6.54 Å². The van der Waals surface area contributed by atoms with E-state index in [1.165, 1.54) is 0 Å². The van der Waals surface area contributed by atoms with Gasteiger partial charge >= 0.3 is 59.1 Å². The van der Waals surface area contributed by atoms with Gasteiger partial charge in [0.15, 0.2) is 0 Å². The van der Waals surface area contributed by atoms with Crippen molar-refractivity contribution in [1.29, 1.82) is 0 Å². The normalized spacial score (nSPS) is 16.4. The molecular formula is C12H11NNa2O4. The van der Waals surface area contributed by atoms with Gasteiger partial charge in [0, 0.05) is 19.6 Å². The Balaban J connectivity index is 0.00000162. The van der Waals surface area contributed by atoms with Crippen LogP contribution in [0.2, 0.25) is 0 Å². The van der Waals surface area contributed by atoms with Gasteiger partial charge in [0.05, 0.1) is 17.4 Å². The summed E-state index contributed by atoms with van der Waals surface area (Å²) in [6.45, 7) is 0.405. The van der Waals surface area contributed by atoms with Crippen LogP contribution in [-0.4, -0.2) is 29.9 Å². The first kappa shape index (κ1) is 19.1. The molecule has 0 aliphatic carbocycles. The minimum atomic E-state index is -1.84. The fourth-order valence-electron chi connectivity index (χ4n) is 2.01. The van der Waals surface area contributed by atoms with E-state index in [-0.39, 0.29) is 72.2 Å². The van der Waals surface area contributed by atoms with Gasteiger partial charge in [-0.1, -0.05) is 30.3 Å². The van der Waals surface area contributed by atoms with Crippen LogP contribution < -0.4 is 69.3 Å². The number of hydrogen-bond donors (Lipinski definition) is 0. The predicted molar refractivity (Wildman–Crippen MR) is 54.2 cm³/mol. The Hall–Kier alpha value is 0.120. The number of likely N-dealkylation sites (tertiary alicyclic amines) is 1. The predicted octanol–water partition coefficient (Wildman–Crippen LogP) is -8.00. The third kappa shape index (κ3) is 4.04. The summed E-state index contributed by atoms with van der Waals surface area (Å²) in [5, 5.41) is 21.6. The number of carbonyl (C=O) groups is 2. The Morgan fingerprint density at radius 3 is 1.95 bits per heavy atom. The molecule has 1 aromatic carbocycles. The molecule has 1 aliphatic heterocycles. The summed E-state index contributed by atoms with van der Waals surface area (Å²) < 4.78 is 0. The number of hydrogen-bond acceptors (Lipinski definition) is 5. The van der Waals surface area contributed by atoms with Gasteiger partial charge in [0.2, 0.25) is 0 Å². The molecule has 1 aromatic rings. The number of nitrogens with zero attached hydrogens (tertiary/aromatic N) is 1. The zero-order valence-corrected chi connectivity index (χ0v) is 15.1. The first-order valence-electron chi connectivity index (χ1n) is 5.24. The second kappa shape index (κ2) is 7.78. The Labute approximate surface area is 155 Å². The number of rotatable bonds is 4. The molecule has 7 heteroatoms. The molecule has 0 unspecified atom stereocenters. The zero-order chi connectivity index (χ0) is 12.5. The van der Waals surface area contributed by atoms with Gasteiger partial charge in [0.25, 0.3) is 0 Å². The first-order chi connectivity index (χ1) is 8.04. The molecule has 1 fully saturated rings. The van der Waals surface area contributed by atoms with E-state index < -0.39 is 17.4 Å². The molecule has 5 nitrogen and oxygen atoms in total. The quantitative estimate of drug-likeness (QED) is 0.404. The summed E-state index contributed by atoms with van der Waals surface area (Å²) in [4.78, 5) is 23.3. The third-order valence-electron chi connectivity index (χ3n) is 3.02. The van der Waals surface area contributed by atoms with E-state index >= 15 is 0 Å². The van der Waals surface area contributed by atoms with Gasteiger partial charge in [-0.05, 0) is 5.56 Å². The fraction of sp³-hybridized carbons (Fsp3) is 0.333. The van der Waals surface area contributed by atoms with Crippen molar-refractivity contribution in [1.82, 2.24) is 4.90 Å². The van der Waals surface area contributed by atoms with E-state index in [4.69, 9.17) is 0 Å². The van der Waals surface area contributed by atoms with Crippen LogP contribution in [0.1, 0.15) is 5.56 Å². The summed E-state index contributed by atoms with van der Waals surface area (Å²) >= 11 is 0. The number of carboxylic acids is 2. The van der Waals surface area contributed by atoms with Gasteiger partial charge in [-0.15, -0.1) is 0 Å². The van der Waals surface area contributed by atoms with Crippen LogP contribution in [0.15, 0.2) is 30.3 Å². The molecule has 0 saturated carbocycles. The molecule has 0 spiro atoms. The molecule has 90 valence electrons. The maximum absolute atomic E-state index is 10.8. The second-order valence-electron chi connectivity index (χ2n) is 4.29. The van der Waals surface area contributed by atoms with Gasteiger partial charge in [-0.25, -0.2) is 0 Å². The molecule has 0 aromatic heterocycles. The zero-order valence-electron chi connectivity index (χ0n) is 11.1. The van der Waals surface area contributed by atoms with Crippen LogP contribution >= 0.6 is 0 Å². The van der Waals surface area contributed by atoms with Crippen molar-refractivity contribution in [2.24, 2.45) is 5.41 Å². The molecule has 1 aliphatic rings. The first-order valence-corrected chi connectivity index (χ1v) is 5.24. The summed E-state index contributed by atoms with van der Waals surface area (Å²) in [6.07, 6.45) is 0. The van der Waals surface area contributed by atoms with Crippen LogP contribution in [0.3, 0.4) is 0 Å². The van der Waals surface area contributed by atoms with Crippen molar-refractivity contribution in [3.63, 3.8) is 0 Å². The molecule has 0 N–H and O–H groups in total. The largest absolute Gasteiger partial charge is 1.00 e. The Bertz CT molecular complexity index is 430. The fourth-order valence-corrected chi connectivity index (χ4v) is 2.01. The molecule has 1 saturated heterocycles. The van der Waals surface area contributed by atoms with E-state index in [2.05, 4.69) is 0 Å². The smallest absolute Gasteiger partial charge is 0.549 e.